The van der Waals surface area contributed by atoms with Crippen LogP contribution in [0.3, 0.4) is 0 Å². The highest BCUT2D eigenvalue weighted by molar-refractivity contribution is 7.92. The fourth-order valence-electron chi connectivity index (χ4n) is 3.91. The van der Waals surface area contributed by atoms with Gasteiger partial charge in [-0.25, -0.2) is 8.42 Å². The lowest BCUT2D eigenvalue weighted by molar-refractivity contribution is 0.0813. The summed E-state index contributed by atoms with van der Waals surface area (Å²) in [7, 11) is -3.47. The molecule has 0 aromatic heterocycles. The summed E-state index contributed by atoms with van der Waals surface area (Å²) in [5.41, 5.74) is 2.68. The van der Waals surface area contributed by atoms with Crippen LogP contribution < -0.4 is 4.72 Å². The van der Waals surface area contributed by atoms with Crippen molar-refractivity contribution in [2.45, 2.75) is 6.04 Å². The average molecular weight is 496 g/mol. The maximum Gasteiger partial charge on any atom is 0.233 e. The minimum Gasteiger partial charge on any atom is -0.292 e. The molecular formula is C23H21Cl3N2O2S. The quantitative estimate of drug-likeness (QED) is 0.430. The number of rotatable bonds is 7. The first kappa shape index (κ1) is 22.4. The van der Waals surface area contributed by atoms with Gasteiger partial charge in [0, 0.05) is 39.8 Å². The van der Waals surface area contributed by atoms with Crippen LogP contribution in [0.1, 0.15) is 17.2 Å². The third-order valence-electron chi connectivity index (χ3n) is 5.28. The van der Waals surface area contributed by atoms with Crippen LogP contribution in [0.5, 0.6) is 0 Å². The van der Waals surface area contributed by atoms with Gasteiger partial charge in [-0.15, -0.1) is 0 Å². The van der Waals surface area contributed by atoms with Crippen LogP contribution >= 0.6 is 34.8 Å². The molecule has 1 saturated heterocycles. The Labute approximate surface area is 197 Å². The summed E-state index contributed by atoms with van der Waals surface area (Å²) in [4.78, 5) is 2.27. The number of hydrogen-bond donors (Lipinski definition) is 1. The Bertz CT molecular complexity index is 1100. The van der Waals surface area contributed by atoms with Crippen LogP contribution in [-0.2, 0) is 10.0 Å². The van der Waals surface area contributed by atoms with E-state index in [1.54, 1.807) is 24.3 Å². The topological polar surface area (TPSA) is 49.4 Å². The molecule has 1 heterocycles. The number of nitrogens with one attached hydrogen (secondary N) is 1. The molecule has 0 atom stereocenters. The number of likely N-dealkylation sites (tertiary alicyclic amines) is 1. The van der Waals surface area contributed by atoms with Crippen molar-refractivity contribution in [3.8, 4) is 0 Å². The third-order valence-corrected chi connectivity index (χ3v) is 7.47. The second-order valence-corrected chi connectivity index (χ2v) is 10.8. The first-order chi connectivity index (χ1) is 14.8. The van der Waals surface area contributed by atoms with Crippen LogP contribution in [0.15, 0.2) is 72.8 Å². The minimum absolute atomic E-state index is 0.00868. The van der Waals surface area contributed by atoms with E-state index >= 15 is 0 Å². The molecule has 1 aliphatic heterocycles. The molecule has 0 amide bonds. The van der Waals surface area contributed by atoms with Gasteiger partial charge in [0.1, 0.15) is 0 Å². The van der Waals surface area contributed by atoms with E-state index in [-0.39, 0.29) is 17.7 Å². The summed E-state index contributed by atoms with van der Waals surface area (Å²) in [6.07, 6.45) is 0. The van der Waals surface area contributed by atoms with E-state index in [1.807, 2.05) is 48.5 Å². The van der Waals surface area contributed by atoms with Gasteiger partial charge in [-0.05, 0) is 53.6 Å². The van der Waals surface area contributed by atoms with Crippen molar-refractivity contribution in [2.24, 2.45) is 5.92 Å². The third kappa shape index (κ3) is 5.73. The first-order valence-electron chi connectivity index (χ1n) is 9.80. The zero-order valence-corrected chi connectivity index (χ0v) is 19.6. The Morgan fingerprint density at radius 2 is 1.39 bits per heavy atom. The van der Waals surface area contributed by atoms with E-state index in [0.29, 0.717) is 33.8 Å². The molecule has 0 spiro atoms. The summed E-state index contributed by atoms with van der Waals surface area (Å²) in [6.45, 7) is 1.35. The molecule has 3 aromatic rings. The molecule has 0 aliphatic carbocycles. The van der Waals surface area contributed by atoms with E-state index in [9.17, 15) is 8.42 Å². The fraction of sp³-hybridized carbons (Fsp3) is 0.217. The van der Waals surface area contributed by atoms with Crippen molar-refractivity contribution in [3.05, 3.63) is 99.0 Å². The second kappa shape index (κ2) is 9.39. The van der Waals surface area contributed by atoms with Gasteiger partial charge in [-0.3, -0.25) is 9.62 Å². The molecule has 8 heteroatoms. The lowest BCUT2D eigenvalue weighted by Gasteiger charge is -2.44. The fourth-order valence-corrected chi connectivity index (χ4v) is 5.76. The molecule has 1 fully saturated rings. The van der Waals surface area contributed by atoms with E-state index < -0.39 is 10.0 Å². The number of nitrogens with zero attached hydrogens (tertiary/aromatic N) is 1. The Hall–Kier alpha value is -1.76. The van der Waals surface area contributed by atoms with Crippen molar-refractivity contribution in [1.82, 2.24) is 4.90 Å². The van der Waals surface area contributed by atoms with Crippen molar-refractivity contribution < 1.29 is 8.42 Å². The van der Waals surface area contributed by atoms with E-state index in [4.69, 9.17) is 34.8 Å². The van der Waals surface area contributed by atoms with Crippen molar-refractivity contribution in [3.63, 3.8) is 0 Å². The Kier molecular flexibility index (Phi) is 6.80. The molecule has 0 bridgehead atoms. The van der Waals surface area contributed by atoms with Gasteiger partial charge in [0.15, 0.2) is 0 Å². The summed E-state index contributed by atoms with van der Waals surface area (Å²) in [6, 6.07) is 22.2. The summed E-state index contributed by atoms with van der Waals surface area (Å²) >= 11 is 18.1. The molecule has 1 N–H and O–H groups in total. The van der Waals surface area contributed by atoms with Gasteiger partial charge >= 0.3 is 0 Å². The number of sulfonamides is 1. The predicted molar refractivity (Wildman–Crippen MR) is 129 cm³/mol. The molecule has 0 radical (unpaired) electrons. The van der Waals surface area contributed by atoms with Crippen LogP contribution in [0.25, 0.3) is 0 Å². The van der Waals surface area contributed by atoms with Gasteiger partial charge in [0.2, 0.25) is 10.0 Å². The molecule has 31 heavy (non-hydrogen) atoms. The zero-order chi connectivity index (χ0) is 22.0. The van der Waals surface area contributed by atoms with Gasteiger partial charge < -0.3 is 0 Å². The van der Waals surface area contributed by atoms with Gasteiger partial charge in [-0.1, -0.05) is 65.1 Å². The normalized spacial score (nSPS) is 15.1. The number of hydrogen-bond acceptors (Lipinski definition) is 3. The maximum atomic E-state index is 12.6. The lowest BCUT2D eigenvalue weighted by Crippen LogP contribution is -2.51. The molecule has 0 saturated carbocycles. The van der Waals surface area contributed by atoms with Crippen molar-refractivity contribution in [2.75, 3.05) is 23.6 Å². The molecule has 162 valence electrons. The Morgan fingerprint density at radius 3 is 1.90 bits per heavy atom. The smallest absolute Gasteiger partial charge is 0.233 e. The SMILES string of the molecule is O=S(=O)(CC1CN(C(c2ccc(Cl)cc2)c2ccc(Cl)cc2)C1)Nc1cccc(Cl)c1. The van der Waals surface area contributed by atoms with Gasteiger partial charge in [0.05, 0.1) is 11.8 Å². The number of halogens is 3. The Balaban J connectivity index is 1.46. The molecule has 3 aromatic carbocycles. The highest BCUT2D eigenvalue weighted by Gasteiger charge is 2.36. The number of benzene rings is 3. The van der Waals surface area contributed by atoms with Crippen molar-refractivity contribution >= 4 is 50.5 Å². The minimum atomic E-state index is -3.47. The first-order valence-corrected chi connectivity index (χ1v) is 12.6. The Morgan fingerprint density at radius 1 is 0.839 bits per heavy atom. The molecular weight excluding hydrogens is 475 g/mol. The lowest BCUT2D eigenvalue weighted by atomic mass is 9.91. The summed E-state index contributed by atoms with van der Waals surface area (Å²) in [5.74, 6) is 0.100. The molecule has 4 rings (SSSR count). The molecule has 0 unspecified atom stereocenters. The average Bonchev–Trinajstić information content (AvgIpc) is 2.68. The largest absolute Gasteiger partial charge is 0.292 e. The standard InChI is InChI=1S/C23H21Cl3N2O2S/c24-19-8-4-17(5-9-19)23(18-6-10-20(25)11-7-18)28-13-16(14-28)15-31(29,30)27-22-3-1-2-21(26)12-22/h1-12,16,23,27H,13-15H2. The van der Waals surface area contributed by atoms with Gasteiger partial charge in [-0.2, -0.15) is 0 Å². The van der Waals surface area contributed by atoms with Crippen LogP contribution in [0.4, 0.5) is 5.69 Å². The van der Waals surface area contributed by atoms with E-state index in [2.05, 4.69) is 9.62 Å². The maximum absolute atomic E-state index is 12.6. The second-order valence-electron chi connectivity index (χ2n) is 7.72. The van der Waals surface area contributed by atoms with Gasteiger partial charge in [0.25, 0.3) is 0 Å². The van der Waals surface area contributed by atoms with Crippen LogP contribution in [0.2, 0.25) is 15.1 Å². The number of anilines is 1. The van der Waals surface area contributed by atoms with Crippen molar-refractivity contribution in [1.29, 1.82) is 0 Å². The highest BCUT2D eigenvalue weighted by atomic mass is 35.5. The molecule has 1 aliphatic rings. The van der Waals surface area contributed by atoms with E-state index in [0.717, 1.165) is 11.1 Å². The summed E-state index contributed by atoms with van der Waals surface area (Å²) in [5, 5.41) is 1.85. The van der Waals surface area contributed by atoms with Crippen LogP contribution in [0, 0.1) is 5.92 Å². The van der Waals surface area contributed by atoms with E-state index in [1.165, 1.54) is 0 Å². The van der Waals surface area contributed by atoms with Crippen LogP contribution in [-0.4, -0.2) is 32.2 Å². The highest BCUT2D eigenvalue weighted by Crippen LogP contribution is 2.35. The summed E-state index contributed by atoms with van der Waals surface area (Å²) < 4.78 is 27.8. The predicted octanol–water partition coefficient (Wildman–Crippen LogP) is 6.11. The molecule has 4 nitrogen and oxygen atoms in total. The monoisotopic (exact) mass is 494 g/mol. The zero-order valence-electron chi connectivity index (χ0n) is 16.5.